The van der Waals surface area contributed by atoms with Crippen molar-refractivity contribution < 1.29 is 19.1 Å². The Kier molecular flexibility index (Phi) is 3.72. The number of amides is 1. The van der Waals surface area contributed by atoms with Crippen LogP contribution in [0.1, 0.15) is 20.3 Å². The zero-order chi connectivity index (χ0) is 9.07. The Bertz CT molecular complexity index is 187. The molecular formula is C5H12NO4P. The molecule has 1 unspecified atom stereocenters. The molecule has 0 saturated heterocycles. The molecule has 0 aliphatic rings. The van der Waals surface area contributed by atoms with Crippen molar-refractivity contribution in [2.75, 3.05) is 0 Å². The highest BCUT2D eigenvalue weighted by molar-refractivity contribution is 7.52. The third-order valence-electron chi connectivity index (χ3n) is 1.20. The standard InChI is InChI=1S/C5H12NO4P/c1-3-5(7)6-4(2)11(8,9)10/h4H,3H2,1-2H3,(H,6,7)(H2,8,9,10). The molecule has 11 heavy (non-hydrogen) atoms. The number of rotatable bonds is 3. The fourth-order valence-electron chi connectivity index (χ4n) is 0.419. The highest BCUT2D eigenvalue weighted by Gasteiger charge is 2.24. The van der Waals surface area contributed by atoms with Crippen LogP contribution in [0.2, 0.25) is 0 Å². The van der Waals surface area contributed by atoms with E-state index in [9.17, 15) is 9.36 Å². The van der Waals surface area contributed by atoms with Crippen LogP contribution in [0.15, 0.2) is 0 Å². The molecule has 0 radical (unpaired) electrons. The summed E-state index contributed by atoms with van der Waals surface area (Å²) in [5.41, 5.74) is 0. The summed E-state index contributed by atoms with van der Waals surface area (Å²) >= 11 is 0. The van der Waals surface area contributed by atoms with Crippen molar-refractivity contribution in [3.63, 3.8) is 0 Å². The van der Waals surface area contributed by atoms with Gasteiger partial charge in [-0.3, -0.25) is 9.36 Å². The SMILES string of the molecule is CCC(=O)NC(C)P(=O)(O)O. The topological polar surface area (TPSA) is 86.6 Å². The summed E-state index contributed by atoms with van der Waals surface area (Å²) in [7, 11) is -4.16. The Morgan fingerprint density at radius 2 is 2.09 bits per heavy atom. The minimum absolute atomic E-state index is 0.227. The number of nitrogens with one attached hydrogen (secondary N) is 1. The molecule has 0 spiro atoms. The average molecular weight is 181 g/mol. The van der Waals surface area contributed by atoms with E-state index in [-0.39, 0.29) is 12.3 Å². The first-order chi connectivity index (χ1) is 4.88. The van der Waals surface area contributed by atoms with Crippen LogP contribution in [-0.2, 0) is 9.36 Å². The highest BCUT2D eigenvalue weighted by atomic mass is 31.2. The van der Waals surface area contributed by atoms with E-state index in [2.05, 4.69) is 5.32 Å². The molecule has 0 fully saturated rings. The second kappa shape index (κ2) is 3.85. The molecule has 6 heteroatoms. The molecule has 66 valence electrons. The number of carbonyl (C=O) groups is 1. The molecule has 0 heterocycles. The average Bonchev–Trinajstić information content (AvgIpc) is 1.85. The molecule has 5 nitrogen and oxygen atoms in total. The van der Waals surface area contributed by atoms with E-state index in [1.54, 1.807) is 6.92 Å². The van der Waals surface area contributed by atoms with Gasteiger partial charge in [-0.05, 0) is 6.92 Å². The molecule has 0 aliphatic carbocycles. The summed E-state index contributed by atoms with van der Waals surface area (Å²) in [5, 5.41) is 2.17. The van der Waals surface area contributed by atoms with Crippen LogP contribution < -0.4 is 5.32 Å². The van der Waals surface area contributed by atoms with Gasteiger partial charge in [-0.15, -0.1) is 0 Å². The minimum atomic E-state index is -4.16. The second-order valence-corrected chi connectivity index (χ2v) is 4.14. The van der Waals surface area contributed by atoms with Crippen molar-refractivity contribution >= 4 is 13.5 Å². The Balaban J connectivity index is 3.98. The molecule has 1 amide bonds. The largest absolute Gasteiger partial charge is 0.347 e. The fraction of sp³-hybridized carbons (Fsp3) is 0.800. The maximum atomic E-state index is 10.6. The summed E-state index contributed by atoms with van der Waals surface area (Å²) in [5.74, 6) is -1.45. The van der Waals surface area contributed by atoms with Crippen molar-refractivity contribution in [1.82, 2.24) is 5.32 Å². The van der Waals surface area contributed by atoms with E-state index < -0.39 is 13.4 Å². The molecule has 1 atom stereocenters. The fourth-order valence-corrected chi connectivity index (χ4v) is 0.731. The van der Waals surface area contributed by atoms with Crippen molar-refractivity contribution in [1.29, 1.82) is 0 Å². The van der Waals surface area contributed by atoms with Crippen molar-refractivity contribution in [2.24, 2.45) is 0 Å². The molecule has 0 saturated carbocycles. The van der Waals surface area contributed by atoms with Crippen LogP contribution in [-0.4, -0.2) is 21.5 Å². The van der Waals surface area contributed by atoms with Gasteiger partial charge < -0.3 is 15.1 Å². The van der Waals surface area contributed by atoms with Gasteiger partial charge in [-0.1, -0.05) is 6.92 Å². The van der Waals surface area contributed by atoms with Gasteiger partial charge in [0.15, 0.2) is 0 Å². The number of hydrogen-bond donors (Lipinski definition) is 3. The lowest BCUT2D eigenvalue weighted by atomic mass is 10.4. The van der Waals surface area contributed by atoms with Gasteiger partial charge in [0.05, 0.1) is 0 Å². The maximum Gasteiger partial charge on any atom is 0.347 e. The first kappa shape index (κ1) is 10.6. The smallest absolute Gasteiger partial charge is 0.342 e. The van der Waals surface area contributed by atoms with Gasteiger partial charge in [0.2, 0.25) is 5.91 Å². The maximum absolute atomic E-state index is 10.6. The quantitative estimate of drug-likeness (QED) is 0.536. The lowest BCUT2D eigenvalue weighted by Crippen LogP contribution is -2.31. The number of hydrogen-bond acceptors (Lipinski definition) is 2. The predicted molar refractivity (Wildman–Crippen MR) is 39.9 cm³/mol. The Morgan fingerprint density at radius 1 is 1.64 bits per heavy atom. The van der Waals surface area contributed by atoms with Gasteiger partial charge in [0, 0.05) is 6.42 Å². The normalized spacial score (nSPS) is 14.2. The van der Waals surface area contributed by atoms with Crippen molar-refractivity contribution in [3.05, 3.63) is 0 Å². The molecule has 0 aromatic rings. The molecule has 0 aromatic carbocycles. The number of carbonyl (C=O) groups excluding carboxylic acids is 1. The third kappa shape index (κ3) is 4.14. The van der Waals surface area contributed by atoms with E-state index in [4.69, 9.17) is 9.79 Å². The minimum Gasteiger partial charge on any atom is -0.342 e. The van der Waals surface area contributed by atoms with E-state index in [0.717, 1.165) is 0 Å². The van der Waals surface area contributed by atoms with Gasteiger partial charge in [0.25, 0.3) is 0 Å². The van der Waals surface area contributed by atoms with Crippen LogP contribution >= 0.6 is 7.60 Å². The third-order valence-corrected chi connectivity index (χ3v) is 2.33. The molecule has 0 rings (SSSR count). The van der Waals surface area contributed by atoms with E-state index in [1.807, 2.05) is 0 Å². The highest BCUT2D eigenvalue weighted by Crippen LogP contribution is 2.38. The van der Waals surface area contributed by atoms with Crippen LogP contribution in [0.25, 0.3) is 0 Å². The van der Waals surface area contributed by atoms with Gasteiger partial charge in [-0.2, -0.15) is 0 Å². The molecular weight excluding hydrogens is 169 g/mol. The molecule has 0 aliphatic heterocycles. The lowest BCUT2D eigenvalue weighted by Gasteiger charge is -2.13. The summed E-state index contributed by atoms with van der Waals surface area (Å²) < 4.78 is 10.5. The Labute approximate surface area is 65.0 Å². The Hall–Kier alpha value is -0.380. The predicted octanol–water partition coefficient (Wildman–Crippen LogP) is 0.0363. The van der Waals surface area contributed by atoms with Crippen LogP contribution in [0.4, 0.5) is 0 Å². The van der Waals surface area contributed by atoms with E-state index in [1.165, 1.54) is 6.92 Å². The van der Waals surface area contributed by atoms with E-state index >= 15 is 0 Å². The van der Waals surface area contributed by atoms with Crippen LogP contribution in [0.3, 0.4) is 0 Å². The first-order valence-electron chi connectivity index (χ1n) is 3.22. The molecule has 3 N–H and O–H groups in total. The van der Waals surface area contributed by atoms with Gasteiger partial charge in [-0.25, -0.2) is 0 Å². The summed E-state index contributed by atoms with van der Waals surface area (Å²) in [4.78, 5) is 27.7. The summed E-state index contributed by atoms with van der Waals surface area (Å²) in [6, 6.07) is 0. The van der Waals surface area contributed by atoms with Crippen molar-refractivity contribution in [2.45, 2.75) is 26.1 Å². The summed E-state index contributed by atoms with van der Waals surface area (Å²) in [6.45, 7) is 2.88. The zero-order valence-corrected chi connectivity index (χ0v) is 7.34. The summed E-state index contributed by atoms with van der Waals surface area (Å²) in [6.07, 6.45) is 0.227. The van der Waals surface area contributed by atoms with Crippen LogP contribution in [0, 0.1) is 0 Å². The van der Waals surface area contributed by atoms with E-state index in [0.29, 0.717) is 0 Å². The molecule has 0 aromatic heterocycles. The first-order valence-corrected chi connectivity index (χ1v) is 4.90. The lowest BCUT2D eigenvalue weighted by molar-refractivity contribution is -0.121. The zero-order valence-electron chi connectivity index (χ0n) is 6.44. The van der Waals surface area contributed by atoms with Gasteiger partial charge in [0.1, 0.15) is 5.78 Å². The van der Waals surface area contributed by atoms with Gasteiger partial charge >= 0.3 is 7.60 Å². The second-order valence-electron chi connectivity index (χ2n) is 2.19. The van der Waals surface area contributed by atoms with Crippen molar-refractivity contribution in [3.8, 4) is 0 Å². The molecule has 0 bridgehead atoms. The monoisotopic (exact) mass is 181 g/mol. The Morgan fingerprint density at radius 3 is 2.36 bits per heavy atom. The van der Waals surface area contributed by atoms with Crippen LogP contribution in [0.5, 0.6) is 0 Å².